The summed E-state index contributed by atoms with van der Waals surface area (Å²) >= 11 is 6.04. The maximum Gasteiger partial charge on any atom is 0.127 e. The van der Waals surface area contributed by atoms with Gasteiger partial charge in [-0.1, -0.05) is 70.4 Å². The molecule has 0 fully saturated rings. The molecule has 0 spiro atoms. The second-order valence-corrected chi connectivity index (χ2v) is 5.53. The largest absolute Gasteiger partial charge is 0.387 e. The smallest absolute Gasteiger partial charge is 0.127 e. The summed E-state index contributed by atoms with van der Waals surface area (Å²) in [4.78, 5) is 4.23. The molecule has 0 saturated heterocycles. The Morgan fingerprint density at radius 3 is 2.16 bits per heavy atom. The summed E-state index contributed by atoms with van der Waals surface area (Å²) in [7, 11) is 0. The zero-order valence-corrected chi connectivity index (χ0v) is 13.5. The van der Waals surface area contributed by atoms with E-state index in [1.54, 1.807) is 0 Å². The number of amidine groups is 1. The lowest BCUT2D eigenvalue weighted by Gasteiger charge is -2.01. The van der Waals surface area contributed by atoms with Crippen molar-refractivity contribution < 1.29 is 0 Å². The standard InChI is InChI=1S/C16H31ClN2/c1-3-5-7-9-11-13-15(17)19-16(18)14-12-10-8-6-4-2/h13H,3-12,14H2,1-2H3,(H2,18,19)/b15-13-. The van der Waals surface area contributed by atoms with Gasteiger partial charge in [0.2, 0.25) is 0 Å². The zero-order valence-electron chi connectivity index (χ0n) is 12.8. The number of nitrogens with two attached hydrogens (primary N) is 1. The average molecular weight is 287 g/mol. The van der Waals surface area contributed by atoms with Crippen LogP contribution in [-0.2, 0) is 0 Å². The first-order valence-electron chi connectivity index (χ1n) is 7.89. The fourth-order valence-corrected chi connectivity index (χ4v) is 2.16. The van der Waals surface area contributed by atoms with Crippen molar-refractivity contribution in [2.24, 2.45) is 10.7 Å². The minimum absolute atomic E-state index is 0.558. The van der Waals surface area contributed by atoms with Crippen LogP contribution < -0.4 is 5.73 Å². The molecule has 0 aliphatic heterocycles. The van der Waals surface area contributed by atoms with Crippen molar-refractivity contribution in [1.29, 1.82) is 0 Å². The van der Waals surface area contributed by atoms with Gasteiger partial charge in [-0.3, -0.25) is 0 Å². The van der Waals surface area contributed by atoms with Gasteiger partial charge in [0.15, 0.2) is 0 Å². The van der Waals surface area contributed by atoms with E-state index in [1.807, 2.05) is 6.08 Å². The highest BCUT2D eigenvalue weighted by Gasteiger charge is 1.96. The van der Waals surface area contributed by atoms with Crippen molar-refractivity contribution in [3.63, 3.8) is 0 Å². The van der Waals surface area contributed by atoms with E-state index in [9.17, 15) is 0 Å². The number of rotatable bonds is 12. The molecule has 0 aromatic carbocycles. The fraction of sp³-hybridized carbons (Fsp3) is 0.812. The molecule has 2 N–H and O–H groups in total. The molecule has 0 aliphatic carbocycles. The number of hydrogen-bond donors (Lipinski definition) is 1. The van der Waals surface area contributed by atoms with Crippen LogP contribution in [-0.4, -0.2) is 5.84 Å². The van der Waals surface area contributed by atoms with Crippen LogP contribution >= 0.6 is 11.6 Å². The first-order valence-corrected chi connectivity index (χ1v) is 8.27. The Hall–Kier alpha value is -0.500. The molecule has 0 amide bonds. The summed E-state index contributed by atoms with van der Waals surface area (Å²) in [5.74, 6) is 0.673. The molecule has 3 heteroatoms. The Bertz CT molecular complexity index is 259. The highest BCUT2D eigenvalue weighted by atomic mass is 35.5. The minimum Gasteiger partial charge on any atom is -0.387 e. The van der Waals surface area contributed by atoms with Crippen molar-refractivity contribution in [3.8, 4) is 0 Å². The summed E-state index contributed by atoms with van der Waals surface area (Å²) in [6.45, 7) is 4.44. The molecule has 0 rings (SSSR count). The van der Waals surface area contributed by atoms with Gasteiger partial charge in [0.25, 0.3) is 0 Å². The number of halogens is 1. The third kappa shape index (κ3) is 13.7. The van der Waals surface area contributed by atoms with Crippen molar-refractivity contribution in [3.05, 3.63) is 11.2 Å². The van der Waals surface area contributed by atoms with E-state index in [-0.39, 0.29) is 0 Å². The molecule has 0 saturated carbocycles. The van der Waals surface area contributed by atoms with Crippen LogP contribution in [0.5, 0.6) is 0 Å². The maximum atomic E-state index is 6.04. The Morgan fingerprint density at radius 1 is 0.947 bits per heavy atom. The third-order valence-corrected chi connectivity index (χ3v) is 3.40. The molecular formula is C16H31ClN2. The Morgan fingerprint density at radius 2 is 1.53 bits per heavy atom. The summed E-state index contributed by atoms with van der Waals surface area (Å²) in [5, 5.41) is 0.558. The highest BCUT2D eigenvalue weighted by Crippen LogP contribution is 2.11. The molecule has 0 unspecified atom stereocenters. The minimum atomic E-state index is 0.558. The van der Waals surface area contributed by atoms with Gasteiger partial charge < -0.3 is 5.73 Å². The van der Waals surface area contributed by atoms with E-state index in [1.165, 1.54) is 51.4 Å². The zero-order chi connectivity index (χ0) is 14.3. The predicted octanol–water partition coefficient (Wildman–Crippen LogP) is 5.75. The molecule has 19 heavy (non-hydrogen) atoms. The van der Waals surface area contributed by atoms with Crippen LogP contribution in [0, 0.1) is 0 Å². The molecule has 0 radical (unpaired) electrons. The number of allylic oxidation sites excluding steroid dienone is 1. The third-order valence-electron chi connectivity index (χ3n) is 3.16. The summed E-state index contributed by atoms with van der Waals surface area (Å²) in [6.07, 6.45) is 15.1. The molecule has 112 valence electrons. The summed E-state index contributed by atoms with van der Waals surface area (Å²) < 4.78 is 0. The molecule has 0 aliphatic rings. The Balaban J connectivity index is 3.70. The molecule has 0 aromatic heterocycles. The van der Waals surface area contributed by atoms with E-state index in [2.05, 4.69) is 18.8 Å². The van der Waals surface area contributed by atoms with E-state index >= 15 is 0 Å². The SMILES string of the molecule is CCCCCC/C=C(Cl)\N=C(\N)CCCCCCC. The van der Waals surface area contributed by atoms with Crippen LogP contribution in [0.15, 0.2) is 16.2 Å². The summed E-state index contributed by atoms with van der Waals surface area (Å²) in [6, 6.07) is 0. The highest BCUT2D eigenvalue weighted by molar-refractivity contribution is 6.30. The topological polar surface area (TPSA) is 38.4 Å². The van der Waals surface area contributed by atoms with Crippen LogP contribution in [0.2, 0.25) is 0 Å². The maximum absolute atomic E-state index is 6.04. The molecular weight excluding hydrogens is 256 g/mol. The molecule has 2 nitrogen and oxygen atoms in total. The van der Waals surface area contributed by atoms with Crippen molar-refractivity contribution in [1.82, 2.24) is 0 Å². The molecule has 0 bridgehead atoms. The second-order valence-electron chi connectivity index (χ2n) is 5.14. The lowest BCUT2D eigenvalue weighted by molar-refractivity contribution is 0.642. The van der Waals surface area contributed by atoms with Gasteiger partial charge in [-0.15, -0.1) is 0 Å². The Kier molecular flexibility index (Phi) is 13.6. The van der Waals surface area contributed by atoms with E-state index in [0.29, 0.717) is 11.0 Å². The van der Waals surface area contributed by atoms with Gasteiger partial charge in [0.05, 0.1) is 0 Å². The van der Waals surface area contributed by atoms with Gasteiger partial charge in [-0.2, -0.15) is 0 Å². The number of nitrogens with zero attached hydrogens (tertiary/aromatic N) is 1. The van der Waals surface area contributed by atoms with Gasteiger partial charge in [-0.25, -0.2) is 4.99 Å². The van der Waals surface area contributed by atoms with Crippen molar-refractivity contribution in [2.45, 2.75) is 84.5 Å². The lowest BCUT2D eigenvalue weighted by atomic mass is 10.1. The first kappa shape index (κ1) is 18.5. The van der Waals surface area contributed by atoms with Crippen LogP contribution in [0.4, 0.5) is 0 Å². The number of aliphatic imine (C=N–C) groups is 1. The van der Waals surface area contributed by atoms with E-state index in [0.717, 1.165) is 19.3 Å². The predicted molar refractivity (Wildman–Crippen MR) is 87.7 cm³/mol. The van der Waals surface area contributed by atoms with Gasteiger partial charge in [0, 0.05) is 6.42 Å². The van der Waals surface area contributed by atoms with E-state index in [4.69, 9.17) is 17.3 Å². The normalized spacial score (nSPS) is 13.0. The monoisotopic (exact) mass is 286 g/mol. The van der Waals surface area contributed by atoms with Crippen molar-refractivity contribution >= 4 is 17.4 Å². The molecule has 0 heterocycles. The fourth-order valence-electron chi connectivity index (χ4n) is 1.94. The summed E-state index contributed by atoms with van der Waals surface area (Å²) in [5.41, 5.74) is 5.87. The van der Waals surface area contributed by atoms with E-state index < -0.39 is 0 Å². The molecule has 0 aromatic rings. The second kappa shape index (κ2) is 13.9. The Labute approximate surface area is 124 Å². The van der Waals surface area contributed by atoms with Crippen molar-refractivity contribution in [2.75, 3.05) is 0 Å². The van der Waals surface area contributed by atoms with Gasteiger partial charge in [0.1, 0.15) is 11.0 Å². The van der Waals surface area contributed by atoms with Crippen LogP contribution in [0.1, 0.15) is 84.5 Å². The van der Waals surface area contributed by atoms with Gasteiger partial charge >= 0.3 is 0 Å². The van der Waals surface area contributed by atoms with Gasteiger partial charge in [-0.05, 0) is 25.3 Å². The molecule has 0 atom stereocenters. The average Bonchev–Trinajstić information content (AvgIpc) is 2.38. The van der Waals surface area contributed by atoms with Crippen LogP contribution in [0.25, 0.3) is 0 Å². The first-order chi connectivity index (χ1) is 9.20. The number of unbranched alkanes of at least 4 members (excludes halogenated alkanes) is 8. The lowest BCUT2D eigenvalue weighted by Crippen LogP contribution is -2.11. The van der Waals surface area contributed by atoms with Crippen LogP contribution in [0.3, 0.4) is 0 Å². The number of hydrogen-bond acceptors (Lipinski definition) is 1. The quantitative estimate of drug-likeness (QED) is 0.211.